The smallest absolute Gasteiger partial charge is 0.223 e. The lowest BCUT2D eigenvalue weighted by Crippen LogP contribution is -2.29. The molecule has 0 unspecified atom stereocenters. The molecule has 0 bridgehead atoms. The van der Waals surface area contributed by atoms with E-state index in [1.165, 1.54) is 13.2 Å². The Balaban J connectivity index is 2.11. The Morgan fingerprint density at radius 2 is 1.75 bits per heavy atom. The number of carbonyl (C=O) groups excluding carboxylic acids is 1. The van der Waals surface area contributed by atoms with E-state index >= 15 is 0 Å². The van der Waals surface area contributed by atoms with E-state index in [1.54, 1.807) is 21.3 Å². The molecule has 1 heterocycles. The summed E-state index contributed by atoms with van der Waals surface area (Å²) in [6.45, 7) is 5.99. The molecule has 150 valence electrons. The van der Waals surface area contributed by atoms with Gasteiger partial charge in [0.15, 0.2) is 17.3 Å². The summed E-state index contributed by atoms with van der Waals surface area (Å²) in [5.41, 5.74) is 0.382. The number of rotatable bonds is 7. The number of benzene rings is 1. The summed E-state index contributed by atoms with van der Waals surface area (Å²) >= 11 is 0. The predicted octanol–water partition coefficient (Wildman–Crippen LogP) is 3.98. The molecule has 6 nitrogen and oxygen atoms in total. The zero-order chi connectivity index (χ0) is 20.5. The highest BCUT2D eigenvalue weighted by molar-refractivity contribution is 6.04. The first kappa shape index (κ1) is 19.9. The van der Waals surface area contributed by atoms with E-state index in [0.717, 1.165) is 5.56 Å². The van der Waals surface area contributed by atoms with E-state index < -0.39 is 5.41 Å². The van der Waals surface area contributed by atoms with Crippen molar-refractivity contribution in [3.05, 3.63) is 54.0 Å². The van der Waals surface area contributed by atoms with Gasteiger partial charge in [-0.05, 0) is 24.6 Å². The molecule has 0 aromatic heterocycles. The first-order valence-corrected chi connectivity index (χ1v) is 9.06. The molecule has 0 saturated carbocycles. The second-order valence-electron chi connectivity index (χ2n) is 6.90. The highest BCUT2D eigenvalue weighted by Crippen LogP contribution is 2.58. The van der Waals surface area contributed by atoms with Crippen molar-refractivity contribution in [2.45, 2.75) is 19.4 Å². The van der Waals surface area contributed by atoms with Crippen molar-refractivity contribution in [2.75, 3.05) is 28.4 Å². The van der Waals surface area contributed by atoms with Crippen LogP contribution < -0.4 is 14.2 Å². The molecule has 1 fully saturated rings. The molecular weight excluding hydrogens is 360 g/mol. The summed E-state index contributed by atoms with van der Waals surface area (Å²) in [6.07, 6.45) is 5.55. The Kier molecular flexibility index (Phi) is 5.40. The van der Waals surface area contributed by atoms with E-state index in [9.17, 15) is 4.79 Å². The van der Waals surface area contributed by atoms with Crippen LogP contribution in [0, 0.1) is 11.3 Å². The van der Waals surface area contributed by atoms with Crippen molar-refractivity contribution >= 4 is 5.78 Å². The maximum Gasteiger partial charge on any atom is 0.223 e. The van der Waals surface area contributed by atoms with Crippen molar-refractivity contribution in [1.29, 1.82) is 0 Å². The largest absolute Gasteiger partial charge is 0.493 e. The molecule has 1 aromatic carbocycles. The molecule has 1 aliphatic heterocycles. The number of allylic oxidation sites excluding steroid dienone is 3. The van der Waals surface area contributed by atoms with Crippen LogP contribution in [0.2, 0.25) is 0 Å². The fraction of sp³-hybridized carbons (Fsp3) is 0.409. The average Bonchev–Trinajstić information content (AvgIpc) is 2.98. The molecule has 1 saturated heterocycles. The van der Waals surface area contributed by atoms with Gasteiger partial charge >= 0.3 is 0 Å². The minimum atomic E-state index is -0.494. The number of carbonyl (C=O) groups is 1. The monoisotopic (exact) mass is 386 g/mol. The maximum absolute atomic E-state index is 12.3. The lowest BCUT2D eigenvalue weighted by Gasteiger charge is -2.31. The van der Waals surface area contributed by atoms with Crippen LogP contribution in [0.3, 0.4) is 0 Å². The second kappa shape index (κ2) is 7.62. The molecule has 3 atom stereocenters. The molecule has 1 aliphatic carbocycles. The van der Waals surface area contributed by atoms with Crippen molar-refractivity contribution in [1.82, 2.24) is 0 Å². The zero-order valence-corrected chi connectivity index (χ0v) is 16.9. The third-order valence-electron chi connectivity index (χ3n) is 5.59. The van der Waals surface area contributed by atoms with Gasteiger partial charge in [-0.15, -0.1) is 6.58 Å². The molecule has 0 radical (unpaired) electrons. The Morgan fingerprint density at radius 1 is 1.11 bits per heavy atom. The van der Waals surface area contributed by atoms with Crippen molar-refractivity contribution in [3.8, 4) is 17.2 Å². The summed E-state index contributed by atoms with van der Waals surface area (Å²) in [4.78, 5) is 12.3. The maximum atomic E-state index is 12.3. The van der Waals surface area contributed by atoms with Crippen LogP contribution in [0.15, 0.2) is 48.5 Å². The van der Waals surface area contributed by atoms with Gasteiger partial charge in [-0.3, -0.25) is 4.79 Å². The molecular formula is C22H26O6. The first-order valence-electron chi connectivity index (χ1n) is 9.06. The van der Waals surface area contributed by atoms with Crippen molar-refractivity contribution in [3.63, 3.8) is 0 Å². The summed E-state index contributed by atoms with van der Waals surface area (Å²) in [5.74, 6) is 2.40. The Bertz CT molecular complexity index is 828. The summed E-state index contributed by atoms with van der Waals surface area (Å²) in [7, 11) is 6.22. The summed E-state index contributed by atoms with van der Waals surface area (Å²) < 4.78 is 28.0. The number of ketones is 1. The quantitative estimate of drug-likeness (QED) is 0.661. The zero-order valence-electron chi connectivity index (χ0n) is 16.9. The first-order chi connectivity index (χ1) is 13.4. The van der Waals surface area contributed by atoms with Gasteiger partial charge in [-0.1, -0.05) is 13.0 Å². The average molecular weight is 386 g/mol. The Hall–Kier alpha value is -2.89. The molecule has 2 aliphatic rings. The van der Waals surface area contributed by atoms with Crippen LogP contribution in [0.1, 0.15) is 25.0 Å². The number of ether oxygens (including phenoxy) is 5. The molecule has 28 heavy (non-hydrogen) atoms. The van der Waals surface area contributed by atoms with Gasteiger partial charge in [-0.25, -0.2) is 0 Å². The third-order valence-corrected chi connectivity index (χ3v) is 5.59. The van der Waals surface area contributed by atoms with Gasteiger partial charge in [0.2, 0.25) is 11.5 Å². The normalized spacial score (nSPS) is 25.8. The number of fused-ring (bicyclic) bond motifs is 1. The SMILES string of the molecule is C=CC[C@]12C=C(OC)C(=O)C=C1O[C@@H](c1cc(OC)c(OC)c(OC)c1)[C@H]2C. The molecule has 0 spiro atoms. The number of hydrogen-bond acceptors (Lipinski definition) is 6. The van der Waals surface area contributed by atoms with Crippen molar-refractivity contribution < 1.29 is 28.5 Å². The van der Waals surface area contributed by atoms with E-state index in [2.05, 4.69) is 13.5 Å². The van der Waals surface area contributed by atoms with Crippen LogP contribution in [0.5, 0.6) is 17.2 Å². The van der Waals surface area contributed by atoms with E-state index in [0.29, 0.717) is 35.2 Å². The number of hydrogen-bond donors (Lipinski definition) is 0. The van der Waals surface area contributed by atoms with Gasteiger partial charge in [0.25, 0.3) is 0 Å². The van der Waals surface area contributed by atoms with Gasteiger partial charge in [0.05, 0.1) is 33.9 Å². The molecule has 6 heteroatoms. The molecule has 3 rings (SSSR count). The standard InChI is InChI=1S/C22H26O6/c1-7-8-22-12-18(26-5)15(23)11-19(22)28-20(13(22)2)14-9-16(24-3)21(27-6)17(10-14)25-4/h7,9-13,20H,1,8H2,2-6H3/t13-,20-,22-/m1/s1. The van der Waals surface area contributed by atoms with E-state index in [4.69, 9.17) is 23.7 Å². The Morgan fingerprint density at radius 3 is 2.25 bits per heavy atom. The molecule has 1 aromatic rings. The topological polar surface area (TPSA) is 63.2 Å². The third kappa shape index (κ3) is 2.93. The predicted molar refractivity (Wildman–Crippen MR) is 105 cm³/mol. The van der Waals surface area contributed by atoms with Crippen LogP contribution in [-0.4, -0.2) is 34.2 Å². The van der Waals surface area contributed by atoms with E-state index in [1.807, 2.05) is 24.3 Å². The van der Waals surface area contributed by atoms with Crippen molar-refractivity contribution in [2.24, 2.45) is 11.3 Å². The second-order valence-corrected chi connectivity index (χ2v) is 6.90. The van der Waals surface area contributed by atoms with Gasteiger partial charge in [0, 0.05) is 17.6 Å². The van der Waals surface area contributed by atoms with Gasteiger partial charge < -0.3 is 23.7 Å². The fourth-order valence-electron chi connectivity index (χ4n) is 4.08. The molecule has 0 N–H and O–H groups in total. The minimum absolute atomic E-state index is 0.0119. The highest BCUT2D eigenvalue weighted by atomic mass is 16.5. The number of methoxy groups -OCH3 is 4. The highest BCUT2D eigenvalue weighted by Gasteiger charge is 2.53. The van der Waals surface area contributed by atoms with Gasteiger partial charge in [-0.2, -0.15) is 0 Å². The minimum Gasteiger partial charge on any atom is -0.493 e. The summed E-state index contributed by atoms with van der Waals surface area (Å²) in [6, 6.07) is 3.76. The summed E-state index contributed by atoms with van der Waals surface area (Å²) in [5, 5.41) is 0. The lowest BCUT2D eigenvalue weighted by molar-refractivity contribution is -0.114. The van der Waals surface area contributed by atoms with Crippen LogP contribution in [0.25, 0.3) is 0 Å². The van der Waals surface area contributed by atoms with Crippen LogP contribution >= 0.6 is 0 Å². The Labute approximate surface area is 165 Å². The van der Waals surface area contributed by atoms with Crippen LogP contribution in [0.4, 0.5) is 0 Å². The van der Waals surface area contributed by atoms with E-state index in [-0.39, 0.29) is 17.8 Å². The van der Waals surface area contributed by atoms with Gasteiger partial charge in [0.1, 0.15) is 11.9 Å². The fourth-order valence-corrected chi connectivity index (χ4v) is 4.08. The molecule has 0 amide bonds. The van der Waals surface area contributed by atoms with Crippen LogP contribution in [-0.2, 0) is 14.3 Å². The lowest BCUT2D eigenvalue weighted by atomic mass is 9.69.